The number of hydrogen-bond donors (Lipinski definition) is 2. The zero-order chi connectivity index (χ0) is 19.6. The Morgan fingerprint density at radius 3 is 2.52 bits per heavy atom. The molecule has 2 aromatic heterocycles. The molecule has 27 heavy (non-hydrogen) atoms. The van der Waals surface area contributed by atoms with Gasteiger partial charge in [0, 0.05) is 23.2 Å². The van der Waals surface area contributed by atoms with E-state index < -0.39 is 5.97 Å². The number of nitrogens with zero attached hydrogens (tertiary/aromatic N) is 1. The van der Waals surface area contributed by atoms with Gasteiger partial charge in [-0.1, -0.05) is 26.8 Å². The first kappa shape index (κ1) is 19.7. The van der Waals surface area contributed by atoms with Gasteiger partial charge in [0.15, 0.2) is 0 Å². The maximum Gasteiger partial charge on any atom is 0.348 e. The average molecular weight is 389 g/mol. The van der Waals surface area contributed by atoms with Crippen molar-refractivity contribution in [1.29, 1.82) is 0 Å². The SMILES string of the molecule is Cc1ccc(O[C@H]2CC[C@H](Nc3cc(C(C)(C)C)sc3C(=O)O)CC2)nc1. The molecule has 0 unspecified atom stereocenters. The van der Waals surface area contributed by atoms with Crippen molar-refractivity contribution in [3.63, 3.8) is 0 Å². The van der Waals surface area contributed by atoms with E-state index in [0.29, 0.717) is 10.8 Å². The molecule has 1 fully saturated rings. The van der Waals surface area contributed by atoms with Gasteiger partial charge < -0.3 is 15.2 Å². The number of ether oxygens (including phenoxy) is 1. The fourth-order valence-electron chi connectivity index (χ4n) is 3.27. The fraction of sp³-hybridized carbons (Fsp3) is 0.524. The van der Waals surface area contributed by atoms with Crippen LogP contribution in [-0.2, 0) is 5.41 Å². The first-order valence-corrected chi connectivity index (χ1v) is 10.3. The van der Waals surface area contributed by atoms with Crippen LogP contribution in [0.25, 0.3) is 0 Å². The van der Waals surface area contributed by atoms with Crippen LogP contribution in [0.5, 0.6) is 5.88 Å². The van der Waals surface area contributed by atoms with Crippen LogP contribution in [0, 0.1) is 6.92 Å². The molecule has 1 aliphatic rings. The molecule has 2 aromatic rings. The van der Waals surface area contributed by atoms with Gasteiger partial charge in [-0.15, -0.1) is 11.3 Å². The zero-order valence-electron chi connectivity index (χ0n) is 16.4. The van der Waals surface area contributed by atoms with Crippen molar-refractivity contribution < 1.29 is 14.6 Å². The Morgan fingerprint density at radius 1 is 1.26 bits per heavy atom. The molecule has 0 radical (unpaired) electrons. The Morgan fingerprint density at radius 2 is 1.96 bits per heavy atom. The van der Waals surface area contributed by atoms with Gasteiger partial charge in [0.05, 0.1) is 5.69 Å². The van der Waals surface area contributed by atoms with Crippen molar-refractivity contribution in [3.05, 3.63) is 39.7 Å². The Hall–Kier alpha value is -2.08. The summed E-state index contributed by atoms with van der Waals surface area (Å²) in [6, 6.07) is 6.20. The monoisotopic (exact) mass is 388 g/mol. The molecule has 0 atom stereocenters. The Labute approximate surface area is 164 Å². The molecule has 0 spiro atoms. The number of carboxylic acids is 1. The topological polar surface area (TPSA) is 71.5 Å². The quantitative estimate of drug-likeness (QED) is 0.732. The van der Waals surface area contributed by atoms with E-state index in [0.717, 1.165) is 41.8 Å². The van der Waals surface area contributed by atoms with Gasteiger partial charge in [-0.3, -0.25) is 0 Å². The summed E-state index contributed by atoms with van der Waals surface area (Å²) in [4.78, 5) is 17.4. The summed E-state index contributed by atoms with van der Waals surface area (Å²) in [6.45, 7) is 8.33. The van der Waals surface area contributed by atoms with Crippen LogP contribution in [0.15, 0.2) is 24.4 Å². The van der Waals surface area contributed by atoms with E-state index in [4.69, 9.17) is 4.74 Å². The molecule has 2 heterocycles. The fourth-order valence-corrected chi connectivity index (χ4v) is 4.28. The van der Waals surface area contributed by atoms with Crippen molar-refractivity contribution in [1.82, 2.24) is 4.98 Å². The second-order valence-electron chi connectivity index (χ2n) is 8.32. The van der Waals surface area contributed by atoms with Gasteiger partial charge in [-0.2, -0.15) is 0 Å². The molecule has 1 aliphatic carbocycles. The lowest BCUT2D eigenvalue weighted by atomic mass is 9.92. The Kier molecular flexibility index (Phi) is 5.75. The molecule has 2 N–H and O–H groups in total. The highest BCUT2D eigenvalue weighted by atomic mass is 32.1. The van der Waals surface area contributed by atoms with Crippen molar-refractivity contribution in [2.24, 2.45) is 0 Å². The number of hydrogen-bond acceptors (Lipinski definition) is 5. The van der Waals surface area contributed by atoms with E-state index in [9.17, 15) is 9.90 Å². The largest absolute Gasteiger partial charge is 0.477 e. The van der Waals surface area contributed by atoms with Crippen molar-refractivity contribution in [2.75, 3.05) is 5.32 Å². The summed E-state index contributed by atoms with van der Waals surface area (Å²) in [5, 5.41) is 13.0. The number of carbonyl (C=O) groups is 1. The molecule has 0 aromatic carbocycles. The highest BCUT2D eigenvalue weighted by Crippen LogP contribution is 2.37. The minimum absolute atomic E-state index is 0.0542. The lowest BCUT2D eigenvalue weighted by Gasteiger charge is -2.29. The van der Waals surface area contributed by atoms with E-state index in [-0.39, 0.29) is 17.6 Å². The average Bonchev–Trinajstić information content (AvgIpc) is 3.03. The third kappa shape index (κ3) is 5.01. The minimum Gasteiger partial charge on any atom is -0.477 e. The van der Waals surface area contributed by atoms with Crippen molar-refractivity contribution >= 4 is 23.0 Å². The van der Waals surface area contributed by atoms with E-state index in [2.05, 4.69) is 31.1 Å². The number of aromatic nitrogens is 1. The van der Waals surface area contributed by atoms with E-state index >= 15 is 0 Å². The van der Waals surface area contributed by atoms with E-state index in [1.807, 2.05) is 31.3 Å². The third-order valence-corrected chi connectivity index (χ3v) is 6.42. The molecule has 5 nitrogen and oxygen atoms in total. The Balaban J connectivity index is 1.59. The first-order valence-electron chi connectivity index (χ1n) is 9.46. The summed E-state index contributed by atoms with van der Waals surface area (Å²) in [5.41, 5.74) is 1.82. The summed E-state index contributed by atoms with van der Waals surface area (Å²) in [5.74, 6) is -0.182. The number of aryl methyl sites for hydroxylation is 1. The van der Waals surface area contributed by atoms with Gasteiger partial charge in [0.2, 0.25) is 5.88 Å². The van der Waals surface area contributed by atoms with Crippen molar-refractivity contribution in [3.8, 4) is 5.88 Å². The zero-order valence-corrected chi connectivity index (χ0v) is 17.2. The van der Waals surface area contributed by atoms with Gasteiger partial charge in [-0.05, 0) is 49.7 Å². The highest BCUT2D eigenvalue weighted by Gasteiger charge is 2.27. The highest BCUT2D eigenvalue weighted by molar-refractivity contribution is 7.14. The third-order valence-electron chi connectivity index (χ3n) is 4.87. The molecule has 0 aliphatic heterocycles. The predicted molar refractivity (Wildman–Crippen MR) is 109 cm³/mol. The van der Waals surface area contributed by atoms with Crippen LogP contribution < -0.4 is 10.1 Å². The Bertz CT molecular complexity index is 785. The molecule has 0 saturated heterocycles. The van der Waals surface area contributed by atoms with E-state index in [1.165, 1.54) is 11.3 Å². The molecule has 1 saturated carbocycles. The first-order chi connectivity index (χ1) is 12.7. The minimum atomic E-state index is -0.861. The van der Waals surface area contributed by atoms with Crippen LogP contribution in [0.1, 0.15) is 66.6 Å². The normalized spacial score (nSPS) is 20.3. The van der Waals surface area contributed by atoms with Gasteiger partial charge >= 0.3 is 5.97 Å². The van der Waals surface area contributed by atoms with Gasteiger partial charge in [0.25, 0.3) is 0 Å². The molecular weight excluding hydrogens is 360 g/mol. The molecular formula is C21H28N2O3S. The van der Waals surface area contributed by atoms with Crippen LogP contribution >= 0.6 is 11.3 Å². The summed E-state index contributed by atoms with van der Waals surface area (Å²) < 4.78 is 5.99. The number of rotatable bonds is 5. The summed E-state index contributed by atoms with van der Waals surface area (Å²) in [6.07, 6.45) is 5.77. The standard InChI is InChI=1S/C21H28N2O3S/c1-13-5-10-18(22-12-13)26-15-8-6-14(7-9-15)23-16-11-17(21(2,3)4)27-19(16)20(24)25/h5,10-12,14-15,23H,6-9H2,1-4H3,(H,24,25)/t14-,15-. The van der Waals surface area contributed by atoms with Crippen molar-refractivity contribution in [2.45, 2.75) is 70.9 Å². The molecule has 6 heteroatoms. The van der Waals surface area contributed by atoms with Gasteiger partial charge in [-0.25, -0.2) is 9.78 Å². The molecule has 0 amide bonds. The molecule has 0 bridgehead atoms. The lowest BCUT2D eigenvalue weighted by Crippen LogP contribution is -2.31. The molecule has 146 valence electrons. The maximum atomic E-state index is 11.6. The summed E-state index contributed by atoms with van der Waals surface area (Å²) in [7, 11) is 0. The maximum absolute atomic E-state index is 11.6. The smallest absolute Gasteiger partial charge is 0.348 e. The summed E-state index contributed by atoms with van der Waals surface area (Å²) >= 11 is 1.37. The lowest BCUT2D eigenvalue weighted by molar-refractivity contribution is 0.0703. The number of anilines is 1. The van der Waals surface area contributed by atoms with E-state index in [1.54, 1.807) is 0 Å². The number of thiophene rings is 1. The molecule has 3 rings (SSSR count). The second kappa shape index (κ2) is 7.89. The van der Waals surface area contributed by atoms with Crippen LogP contribution in [0.4, 0.5) is 5.69 Å². The number of nitrogens with one attached hydrogen (secondary N) is 1. The van der Waals surface area contributed by atoms with Crippen LogP contribution in [0.3, 0.4) is 0 Å². The van der Waals surface area contributed by atoms with Crippen LogP contribution in [-0.4, -0.2) is 28.2 Å². The predicted octanol–water partition coefficient (Wildman–Crippen LogP) is 5.25. The second-order valence-corrected chi connectivity index (χ2v) is 9.37. The number of carboxylic acid groups (broad SMARTS) is 1. The van der Waals surface area contributed by atoms with Gasteiger partial charge in [0.1, 0.15) is 11.0 Å². The van der Waals surface area contributed by atoms with Crippen LogP contribution in [0.2, 0.25) is 0 Å². The number of aromatic carboxylic acids is 1. The number of pyridine rings is 1.